The summed E-state index contributed by atoms with van der Waals surface area (Å²) in [6, 6.07) is 17.0. The summed E-state index contributed by atoms with van der Waals surface area (Å²) in [6.07, 6.45) is 2.65. The number of carbonyl (C=O) groups is 2. The Labute approximate surface area is 179 Å². The van der Waals surface area contributed by atoms with Crippen molar-refractivity contribution < 1.29 is 9.59 Å². The molecule has 0 fully saturated rings. The Morgan fingerprint density at radius 3 is 2.47 bits per heavy atom. The van der Waals surface area contributed by atoms with Gasteiger partial charge < -0.3 is 10.6 Å². The fraction of sp³-hybridized carbons (Fsp3) is 0.227. The smallest absolute Gasteiger partial charge is 0.280 e. The standard InChI is InChI=1S/C22H25N5O2S/c1-2-12-26-27-20(28)17-10-8-16(9-11-17)13-24-21(29)22-25-15-19(30-22)14-23-18-6-4-3-5-7-18/h3-11,15,23,26H,2,12-14H2,1H3,(H,24,29)(H,27,28). The van der Waals surface area contributed by atoms with E-state index in [-0.39, 0.29) is 11.8 Å². The summed E-state index contributed by atoms with van der Waals surface area (Å²) in [4.78, 5) is 29.5. The molecule has 0 saturated carbocycles. The first-order chi connectivity index (χ1) is 14.7. The van der Waals surface area contributed by atoms with Crippen LogP contribution in [0.4, 0.5) is 5.69 Å². The number of amides is 2. The lowest BCUT2D eigenvalue weighted by molar-refractivity contribution is 0.0929. The van der Waals surface area contributed by atoms with Gasteiger partial charge in [0.15, 0.2) is 5.01 Å². The van der Waals surface area contributed by atoms with Gasteiger partial charge >= 0.3 is 0 Å². The zero-order valence-corrected chi connectivity index (χ0v) is 17.6. The zero-order valence-electron chi connectivity index (χ0n) is 16.8. The molecular formula is C22H25N5O2S. The van der Waals surface area contributed by atoms with E-state index in [1.54, 1.807) is 18.3 Å². The number of hydrogen-bond acceptors (Lipinski definition) is 6. The van der Waals surface area contributed by atoms with Crippen LogP contribution in [0.2, 0.25) is 0 Å². The van der Waals surface area contributed by atoms with Crippen molar-refractivity contribution >= 4 is 28.8 Å². The first-order valence-corrected chi connectivity index (χ1v) is 10.6. The molecule has 0 spiro atoms. The molecule has 0 radical (unpaired) electrons. The van der Waals surface area contributed by atoms with Crippen molar-refractivity contribution in [3.05, 3.63) is 81.8 Å². The molecule has 1 aromatic heterocycles. The van der Waals surface area contributed by atoms with E-state index in [0.717, 1.165) is 29.1 Å². The number of hydrazine groups is 1. The van der Waals surface area contributed by atoms with Gasteiger partial charge in [0.1, 0.15) is 0 Å². The minimum atomic E-state index is -0.212. The summed E-state index contributed by atoms with van der Waals surface area (Å²) in [7, 11) is 0. The Hall–Kier alpha value is -3.23. The topological polar surface area (TPSA) is 95.1 Å². The van der Waals surface area contributed by atoms with E-state index in [0.29, 0.717) is 23.7 Å². The second kappa shape index (κ2) is 11.1. The molecule has 0 aliphatic heterocycles. The Kier molecular flexibility index (Phi) is 7.94. The molecule has 0 aliphatic rings. The average Bonchev–Trinajstić information content (AvgIpc) is 3.26. The number of thiazole rings is 1. The number of hydrogen-bond donors (Lipinski definition) is 4. The lowest BCUT2D eigenvalue weighted by Gasteiger charge is -2.07. The summed E-state index contributed by atoms with van der Waals surface area (Å²) in [5, 5.41) is 6.60. The highest BCUT2D eigenvalue weighted by Gasteiger charge is 2.11. The summed E-state index contributed by atoms with van der Waals surface area (Å²) in [5.74, 6) is -0.394. The van der Waals surface area contributed by atoms with Gasteiger partial charge in [-0.3, -0.25) is 15.0 Å². The number of carbonyl (C=O) groups excluding carboxylic acids is 2. The average molecular weight is 424 g/mol. The molecule has 156 valence electrons. The van der Waals surface area contributed by atoms with Crippen LogP contribution in [0.5, 0.6) is 0 Å². The molecule has 0 saturated heterocycles. The molecule has 0 aliphatic carbocycles. The van der Waals surface area contributed by atoms with Crippen LogP contribution in [0.1, 0.15) is 43.9 Å². The Morgan fingerprint density at radius 2 is 1.73 bits per heavy atom. The minimum absolute atomic E-state index is 0.182. The van der Waals surface area contributed by atoms with Gasteiger partial charge in [-0.25, -0.2) is 10.4 Å². The summed E-state index contributed by atoms with van der Waals surface area (Å²) in [6.45, 7) is 3.73. The summed E-state index contributed by atoms with van der Waals surface area (Å²) in [5.41, 5.74) is 7.99. The van der Waals surface area contributed by atoms with E-state index >= 15 is 0 Å². The molecule has 4 N–H and O–H groups in total. The second-order valence-electron chi connectivity index (χ2n) is 6.61. The van der Waals surface area contributed by atoms with Gasteiger partial charge in [0.2, 0.25) is 0 Å². The number of benzene rings is 2. The molecule has 1 heterocycles. The number of aromatic nitrogens is 1. The van der Waals surface area contributed by atoms with Gasteiger partial charge in [0, 0.05) is 35.4 Å². The highest BCUT2D eigenvalue weighted by Crippen LogP contribution is 2.15. The van der Waals surface area contributed by atoms with Crippen molar-refractivity contribution in [3.63, 3.8) is 0 Å². The van der Waals surface area contributed by atoms with Crippen molar-refractivity contribution in [1.29, 1.82) is 0 Å². The maximum absolute atomic E-state index is 12.4. The van der Waals surface area contributed by atoms with Gasteiger partial charge in [-0.05, 0) is 36.2 Å². The zero-order chi connectivity index (χ0) is 21.2. The van der Waals surface area contributed by atoms with Crippen LogP contribution in [0.3, 0.4) is 0 Å². The second-order valence-corrected chi connectivity index (χ2v) is 7.73. The molecule has 2 aromatic carbocycles. The molecule has 3 rings (SSSR count). The van der Waals surface area contributed by atoms with Crippen molar-refractivity contribution in [2.75, 3.05) is 11.9 Å². The molecule has 30 heavy (non-hydrogen) atoms. The monoisotopic (exact) mass is 423 g/mol. The highest BCUT2D eigenvalue weighted by atomic mass is 32.1. The van der Waals surface area contributed by atoms with E-state index in [2.05, 4.69) is 26.5 Å². The van der Waals surface area contributed by atoms with Gasteiger partial charge in [0.25, 0.3) is 11.8 Å². The van der Waals surface area contributed by atoms with Crippen LogP contribution in [0.15, 0.2) is 60.8 Å². The third-order valence-corrected chi connectivity index (χ3v) is 5.23. The molecule has 8 heteroatoms. The quantitative estimate of drug-likeness (QED) is 0.296. The molecule has 0 bridgehead atoms. The Morgan fingerprint density at radius 1 is 0.967 bits per heavy atom. The fourth-order valence-electron chi connectivity index (χ4n) is 2.61. The van der Waals surface area contributed by atoms with Gasteiger partial charge in [-0.1, -0.05) is 37.3 Å². The summed E-state index contributed by atoms with van der Waals surface area (Å²) < 4.78 is 0. The normalized spacial score (nSPS) is 10.4. The maximum atomic E-state index is 12.4. The molecule has 0 unspecified atom stereocenters. The number of para-hydroxylation sites is 1. The predicted molar refractivity (Wildman–Crippen MR) is 119 cm³/mol. The lowest BCUT2D eigenvalue weighted by Crippen LogP contribution is -2.37. The first kappa shape index (κ1) is 21.5. The molecule has 3 aromatic rings. The predicted octanol–water partition coefficient (Wildman–Crippen LogP) is 3.33. The lowest BCUT2D eigenvalue weighted by atomic mass is 10.1. The SMILES string of the molecule is CCCNNC(=O)c1ccc(CNC(=O)c2ncc(CNc3ccccc3)s2)cc1. The van der Waals surface area contributed by atoms with E-state index in [1.165, 1.54) is 11.3 Å². The first-order valence-electron chi connectivity index (χ1n) is 9.79. The van der Waals surface area contributed by atoms with Crippen molar-refractivity contribution in [2.24, 2.45) is 0 Å². The number of rotatable bonds is 10. The van der Waals surface area contributed by atoms with E-state index < -0.39 is 0 Å². The van der Waals surface area contributed by atoms with Gasteiger partial charge in [-0.15, -0.1) is 11.3 Å². The van der Waals surface area contributed by atoms with Crippen molar-refractivity contribution in [1.82, 2.24) is 21.2 Å². The van der Waals surface area contributed by atoms with Crippen LogP contribution in [-0.2, 0) is 13.1 Å². The highest BCUT2D eigenvalue weighted by molar-refractivity contribution is 7.13. The Bertz CT molecular complexity index is 957. The third-order valence-electron chi connectivity index (χ3n) is 4.23. The number of nitrogens with one attached hydrogen (secondary N) is 4. The number of anilines is 1. The number of nitrogens with zero attached hydrogens (tertiary/aromatic N) is 1. The van der Waals surface area contributed by atoms with Crippen LogP contribution >= 0.6 is 11.3 Å². The van der Waals surface area contributed by atoms with E-state index in [9.17, 15) is 9.59 Å². The maximum Gasteiger partial charge on any atom is 0.280 e. The molecule has 0 atom stereocenters. The Balaban J connectivity index is 1.46. The van der Waals surface area contributed by atoms with Gasteiger partial charge in [-0.2, -0.15) is 0 Å². The largest absolute Gasteiger partial charge is 0.380 e. The fourth-order valence-corrected chi connectivity index (χ4v) is 3.38. The van der Waals surface area contributed by atoms with Crippen LogP contribution in [-0.4, -0.2) is 23.3 Å². The minimum Gasteiger partial charge on any atom is -0.380 e. The van der Waals surface area contributed by atoms with Crippen LogP contribution in [0, 0.1) is 0 Å². The molecule has 2 amide bonds. The molecular weight excluding hydrogens is 398 g/mol. The third kappa shape index (κ3) is 6.40. The van der Waals surface area contributed by atoms with Crippen LogP contribution in [0.25, 0.3) is 0 Å². The molecule has 7 nitrogen and oxygen atoms in total. The summed E-state index contributed by atoms with van der Waals surface area (Å²) >= 11 is 1.37. The van der Waals surface area contributed by atoms with E-state index in [1.807, 2.05) is 49.4 Å². The van der Waals surface area contributed by atoms with Crippen molar-refractivity contribution in [3.8, 4) is 0 Å². The van der Waals surface area contributed by atoms with Crippen molar-refractivity contribution in [2.45, 2.75) is 26.4 Å². The van der Waals surface area contributed by atoms with E-state index in [4.69, 9.17) is 0 Å². The van der Waals surface area contributed by atoms with Gasteiger partial charge in [0.05, 0.1) is 6.54 Å². The van der Waals surface area contributed by atoms with Crippen LogP contribution < -0.4 is 21.5 Å².